The van der Waals surface area contributed by atoms with E-state index in [1.165, 1.54) is 10.9 Å². The first-order valence-corrected chi connectivity index (χ1v) is 10.2. The van der Waals surface area contributed by atoms with Gasteiger partial charge in [0.05, 0.1) is 18.8 Å². The van der Waals surface area contributed by atoms with E-state index in [0.29, 0.717) is 0 Å². The Balaban J connectivity index is 1.46. The maximum atomic E-state index is 13.7. The molecule has 5 atom stereocenters. The molecule has 5 unspecified atom stereocenters. The number of carbonyl (C=O) groups is 1. The van der Waals surface area contributed by atoms with E-state index in [4.69, 9.17) is 19.9 Å². The van der Waals surface area contributed by atoms with Gasteiger partial charge in [0.2, 0.25) is 5.91 Å². The van der Waals surface area contributed by atoms with Gasteiger partial charge in [0, 0.05) is 17.5 Å². The number of rotatable bonds is 4. The summed E-state index contributed by atoms with van der Waals surface area (Å²) in [5, 5.41) is 8.05. The molecule has 0 radical (unpaired) electrons. The van der Waals surface area contributed by atoms with Crippen LogP contribution < -0.4 is 5.73 Å². The minimum absolute atomic E-state index is 0.0165. The Morgan fingerprint density at radius 2 is 1.82 bits per heavy atom. The fourth-order valence-corrected chi connectivity index (χ4v) is 4.12. The summed E-state index contributed by atoms with van der Waals surface area (Å²) >= 11 is 0. The van der Waals surface area contributed by atoms with Crippen molar-refractivity contribution in [3.05, 3.63) is 71.7 Å². The van der Waals surface area contributed by atoms with E-state index in [1.54, 1.807) is 0 Å². The summed E-state index contributed by atoms with van der Waals surface area (Å²) < 4.78 is 59.9. The number of primary amides is 1. The molecular weight excluding hydrogens is 441 g/mol. The number of hydrogen-bond donors (Lipinski definition) is 1. The van der Waals surface area contributed by atoms with Gasteiger partial charge in [-0.15, -0.1) is 5.10 Å². The molecule has 33 heavy (non-hydrogen) atoms. The second-order valence-electron chi connectivity index (χ2n) is 7.88. The van der Waals surface area contributed by atoms with Gasteiger partial charge < -0.3 is 19.9 Å². The fraction of sp³-hybridized carbons (Fsp3) is 0.318. The minimum atomic E-state index is -1.56. The predicted octanol–water partition coefficient (Wildman–Crippen LogP) is 2.66. The van der Waals surface area contributed by atoms with Crippen LogP contribution in [-0.2, 0) is 19.0 Å². The highest BCUT2D eigenvalue weighted by Crippen LogP contribution is 2.39. The zero-order valence-corrected chi connectivity index (χ0v) is 17.1. The number of fused-ring (bicyclic) bond motifs is 1. The van der Waals surface area contributed by atoms with Crippen LogP contribution in [0.1, 0.15) is 24.3 Å². The van der Waals surface area contributed by atoms with Crippen LogP contribution in [0.4, 0.5) is 13.2 Å². The molecule has 172 valence electrons. The van der Waals surface area contributed by atoms with Gasteiger partial charge >= 0.3 is 0 Å². The monoisotopic (exact) mass is 460 g/mol. The first kappa shape index (κ1) is 21.6. The lowest BCUT2D eigenvalue weighted by Crippen LogP contribution is -2.55. The third-order valence-corrected chi connectivity index (χ3v) is 5.75. The summed E-state index contributed by atoms with van der Waals surface area (Å²) in [7, 11) is 0. The molecule has 1 aromatic heterocycles. The lowest BCUT2D eigenvalue weighted by molar-refractivity contribution is -0.297. The first-order chi connectivity index (χ1) is 15.9. The van der Waals surface area contributed by atoms with Crippen LogP contribution in [0.5, 0.6) is 0 Å². The Morgan fingerprint density at radius 1 is 1.09 bits per heavy atom. The fourth-order valence-electron chi connectivity index (χ4n) is 4.12. The summed E-state index contributed by atoms with van der Waals surface area (Å²) in [6, 6.07) is 10.4. The van der Waals surface area contributed by atoms with Gasteiger partial charge in [-0.1, -0.05) is 35.5 Å². The lowest BCUT2D eigenvalue weighted by atomic mass is 9.94. The normalized spacial score (nSPS) is 27.2. The molecule has 2 aliphatic rings. The molecule has 0 bridgehead atoms. The van der Waals surface area contributed by atoms with Crippen molar-refractivity contribution in [2.24, 2.45) is 5.73 Å². The summed E-state index contributed by atoms with van der Waals surface area (Å²) in [4.78, 5) is 11.9. The molecule has 2 aliphatic heterocycles. The van der Waals surface area contributed by atoms with Crippen LogP contribution in [0, 0.1) is 17.5 Å². The SMILES string of the molecule is NC(=O)C1CC(n2cc(-c3cc(F)c(F)c(F)c3)nn2)C2OC(c3ccccc3)OCC2O1. The Kier molecular flexibility index (Phi) is 5.60. The van der Waals surface area contributed by atoms with Crippen molar-refractivity contribution in [1.82, 2.24) is 15.0 Å². The van der Waals surface area contributed by atoms with Gasteiger partial charge in [-0.25, -0.2) is 17.9 Å². The van der Waals surface area contributed by atoms with Crippen molar-refractivity contribution in [1.29, 1.82) is 0 Å². The molecule has 1 amide bonds. The summed E-state index contributed by atoms with van der Waals surface area (Å²) in [6.07, 6.45) is -1.15. The van der Waals surface area contributed by atoms with E-state index in [0.717, 1.165) is 17.7 Å². The highest BCUT2D eigenvalue weighted by Gasteiger charge is 2.47. The first-order valence-electron chi connectivity index (χ1n) is 10.2. The van der Waals surface area contributed by atoms with E-state index in [-0.39, 0.29) is 24.3 Å². The molecule has 3 heterocycles. The molecular formula is C22H19F3N4O4. The van der Waals surface area contributed by atoms with Gasteiger partial charge in [-0.2, -0.15) is 0 Å². The second-order valence-corrected chi connectivity index (χ2v) is 7.88. The van der Waals surface area contributed by atoms with Gasteiger partial charge in [0.25, 0.3) is 0 Å². The molecule has 0 aliphatic carbocycles. The summed E-state index contributed by atoms with van der Waals surface area (Å²) in [5.41, 5.74) is 6.43. The number of hydrogen-bond acceptors (Lipinski definition) is 6. The second kappa shape index (κ2) is 8.58. The van der Waals surface area contributed by atoms with Crippen LogP contribution in [0.25, 0.3) is 11.3 Å². The summed E-state index contributed by atoms with van der Waals surface area (Å²) in [5.74, 6) is -4.88. The maximum Gasteiger partial charge on any atom is 0.246 e. The number of carbonyl (C=O) groups excluding carboxylic acids is 1. The van der Waals surface area contributed by atoms with Gasteiger partial charge in [0.1, 0.15) is 24.0 Å². The molecule has 5 rings (SSSR count). The third-order valence-electron chi connectivity index (χ3n) is 5.75. The molecule has 2 N–H and O–H groups in total. The number of halogens is 3. The van der Waals surface area contributed by atoms with Crippen LogP contribution >= 0.6 is 0 Å². The van der Waals surface area contributed by atoms with Gasteiger partial charge in [0.15, 0.2) is 23.7 Å². The van der Waals surface area contributed by atoms with E-state index in [1.807, 2.05) is 30.3 Å². The average molecular weight is 460 g/mol. The lowest BCUT2D eigenvalue weighted by Gasteiger charge is -2.45. The van der Waals surface area contributed by atoms with Crippen LogP contribution in [0.3, 0.4) is 0 Å². The number of aromatic nitrogens is 3. The Morgan fingerprint density at radius 3 is 2.52 bits per heavy atom. The zero-order valence-electron chi connectivity index (χ0n) is 17.1. The molecule has 0 saturated carbocycles. The quantitative estimate of drug-likeness (QED) is 0.601. The van der Waals surface area contributed by atoms with Gasteiger partial charge in [-0.3, -0.25) is 4.79 Å². The Labute approximate surface area is 186 Å². The van der Waals surface area contributed by atoms with Crippen molar-refractivity contribution < 1.29 is 32.2 Å². The highest BCUT2D eigenvalue weighted by molar-refractivity contribution is 5.79. The van der Waals surface area contributed by atoms with Crippen molar-refractivity contribution in [3.63, 3.8) is 0 Å². The largest absolute Gasteiger partial charge is 0.367 e. The molecule has 11 heteroatoms. The predicted molar refractivity (Wildman–Crippen MR) is 107 cm³/mol. The topological polar surface area (TPSA) is 101 Å². The molecule has 8 nitrogen and oxygen atoms in total. The average Bonchev–Trinajstić information content (AvgIpc) is 3.32. The molecule has 2 fully saturated rings. The van der Waals surface area contributed by atoms with E-state index in [2.05, 4.69) is 10.3 Å². The van der Waals surface area contributed by atoms with E-state index in [9.17, 15) is 18.0 Å². The minimum Gasteiger partial charge on any atom is -0.367 e. The van der Waals surface area contributed by atoms with Gasteiger partial charge in [-0.05, 0) is 12.1 Å². The van der Waals surface area contributed by atoms with Crippen LogP contribution in [0.15, 0.2) is 48.7 Å². The number of amides is 1. The number of nitrogens with zero attached hydrogens (tertiary/aromatic N) is 3. The molecule has 2 aromatic carbocycles. The van der Waals surface area contributed by atoms with E-state index >= 15 is 0 Å². The Bertz CT molecular complexity index is 1150. The Hall–Kier alpha value is -3.28. The standard InChI is InChI=1S/C22H19F3N4O4/c23-13-6-12(7-14(24)19(13)25)15-9-29(28-27-15)16-8-17(21(26)30)32-18-10-31-22(33-20(16)18)11-4-2-1-3-5-11/h1-7,9,16-18,20,22H,8,10H2,(H2,26,30). The molecule has 3 aromatic rings. The number of ether oxygens (including phenoxy) is 3. The highest BCUT2D eigenvalue weighted by atomic mass is 19.2. The van der Waals surface area contributed by atoms with Crippen LogP contribution in [0.2, 0.25) is 0 Å². The number of benzene rings is 2. The molecule has 2 saturated heterocycles. The van der Waals surface area contributed by atoms with Crippen molar-refractivity contribution in [2.45, 2.75) is 37.1 Å². The molecule has 0 spiro atoms. The van der Waals surface area contributed by atoms with Crippen molar-refractivity contribution >= 4 is 5.91 Å². The van der Waals surface area contributed by atoms with Crippen molar-refractivity contribution in [3.8, 4) is 11.3 Å². The zero-order chi connectivity index (χ0) is 23.1. The van der Waals surface area contributed by atoms with E-state index < -0.39 is 54.0 Å². The summed E-state index contributed by atoms with van der Waals surface area (Å²) in [6.45, 7) is 0.153. The third kappa shape index (κ3) is 4.10. The van der Waals surface area contributed by atoms with Crippen molar-refractivity contribution in [2.75, 3.05) is 6.61 Å². The number of nitrogens with two attached hydrogens (primary N) is 1. The maximum absolute atomic E-state index is 13.7. The van der Waals surface area contributed by atoms with Crippen LogP contribution in [-0.4, -0.2) is 45.8 Å². The smallest absolute Gasteiger partial charge is 0.246 e.